The molecule has 4 aromatic rings. The van der Waals surface area contributed by atoms with Crippen LogP contribution >= 0.6 is 11.8 Å². The molecule has 1 aromatic heterocycles. The molecule has 0 radical (unpaired) electrons. The van der Waals surface area contributed by atoms with Crippen molar-refractivity contribution < 1.29 is 18.9 Å². The Bertz CT molecular complexity index is 1530. The van der Waals surface area contributed by atoms with Crippen LogP contribution in [0.25, 0.3) is 11.0 Å². The molecule has 35 heavy (non-hydrogen) atoms. The largest absolute Gasteiger partial charge is 0.493 e. The Labute approximate surface area is 204 Å². The molecule has 2 atom stereocenters. The summed E-state index contributed by atoms with van der Waals surface area (Å²) in [5, 5.41) is 14.4. The van der Waals surface area contributed by atoms with Crippen LogP contribution in [-0.4, -0.2) is 23.1 Å². The number of non-ortho nitro benzene ring substituents is 1. The first kappa shape index (κ1) is 22.7. The first-order chi connectivity index (χ1) is 16.8. The van der Waals surface area contributed by atoms with E-state index in [1.807, 2.05) is 30.3 Å². The van der Waals surface area contributed by atoms with E-state index in [1.165, 1.54) is 43.1 Å². The number of methoxy groups -OCH3 is 1. The number of benzene rings is 3. The number of ether oxygens (including phenoxy) is 1. The number of rotatable bonds is 5. The standard InChI is InChI=1S/C26H20N2O6S/c1-26(18-14-16-6-5-8-20(33-2)23(16)34-25(18)30)24(35-21-9-4-3-7-19(21)27-26)22(29)15-10-12-17(13-11-15)28(31)32/h3-14,24,27H,1-2H3/t24-,26+/m0/s1. The zero-order chi connectivity index (χ0) is 24.7. The highest BCUT2D eigenvalue weighted by molar-refractivity contribution is 8.01. The van der Waals surface area contributed by atoms with Gasteiger partial charge in [-0.1, -0.05) is 24.3 Å². The van der Waals surface area contributed by atoms with Crippen LogP contribution in [-0.2, 0) is 5.54 Å². The van der Waals surface area contributed by atoms with E-state index in [9.17, 15) is 19.7 Å². The number of Topliss-reactive ketones (excluding diaryl/α,β-unsaturated/α-hetero) is 1. The summed E-state index contributed by atoms with van der Waals surface area (Å²) in [7, 11) is 1.50. The van der Waals surface area contributed by atoms with Crippen molar-refractivity contribution >= 4 is 39.9 Å². The van der Waals surface area contributed by atoms with Gasteiger partial charge in [0.15, 0.2) is 17.1 Å². The lowest BCUT2D eigenvalue weighted by Crippen LogP contribution is -2.50. The highest BCUT2D eigenvalue weighted by Crippen LogP contribution is 2.48. The first-order valence-corrected chi connectivity index (χ1v) is 11.6. The number of hydrogen-bond acceptors (Lipinski definition) is 8. The Morgan fingerprint density at radius 1 is 1.11 bits per heavy atom. The minimum Gasteiger partial charge on any atom is -0.493 e. The molecule has 0 amide bonds. The third-order valence-corrected chi connectivity index (χ3v) is 7.69. The molecule has 5 rings (SSSR count). The number of carbonyl (C=O) groups excluding carboxylic acids is 1. The van der Waals surface area contributed by atoms with Gasteiger partial charge in [-0.2, -0.15) is 0 Å². The Morgan fingerprint density at radius 3 is 2.57 bits per heavy atom. The van der Waals surface area contributed by atoms with Gasteiger partial charge in [0.25, 0.3) is 5.69 Å². The number of carbonyl (C=O) groups is 1. The van der Waals surface area contributed by atoms with Crippen molar-refractivity contribution in [3.8, 4) is 5.75 Å². The maximum atomic E-state index is 13.8. The van der Waals surface area contributed by atoms with Crippen molar-refractivity contribution in [3.05, 3.63) is 104 Å². The molecule has 0 spiro atoms. The molecule has 0 bridgehead atoms. The van der Waals surface area contributed by atoms with E-state index in [1.54, 1.807) is 25.1 Å². The van der Waals surface area contributed by atoms with Gasteiger partial charge in [0.1, 0.15) is 0 Å². The Balaban J connectivity index is 1.67. The molecule has 8 nitrogen and oxygen atoms in total. The van der Waals surface area contributed by atoms with Gasteiger partial charge in [0.2, 0.25) is 0 Å². The molecule has 0 aliphatic carbocycles. The number of hydrogen-bond donors (Lipinski definition) is 1. The monoisotopic (exact) mass is 488 g/mol. The highest BCUT2D eigenvalue weighted by Gasteiger charge is 2.47. The number of nitro benzene ring substituents is 1. The van der Waals surface area contributed by atoms with Crippen LogP contribution in [0, 0.1) is 10.1 Å². The number of fused-ring (bicyclic) bond motifs is 2. The number of para-hydroxylation sites is 2. The van der Waals surface area contributed by atoms with Crippen LogP contribution in [0.1, 0.15) is 22.8 Å². The van der Waals surface area contributed by atoms with Crippen molar-refractivity contribution in [1.82, 2.24) is 0 Å². The quantitative estimate of drug-likeness (QED) is 0.172. The average Bonchev–Trinajstić information content (AvgIpc) is 2.87. The van der Waals surface area contributed by atoms with Crippen molar-refractivity contribution in [1.29, 1.82) is 0 Å². The van der Waals surface area contributed by atoms with Gasteiger partial charge in [-0.25, -0.2) is 4.79 Å². The van der Waals surface area contributed by atoms with Crippen LogP contribution in [0.15, 0.2) is 86.9 Å². The van der Waals surface area contributed by atoms with E-state index in [0.29, 0.717) is 27.8 Å². The summed E-state index contributed by atoms with van der Waals surface area (Å²) in [6.07, 6.45) is 0. The third kappa shape index (κ3) is 3.83. The van der Waals surface area contributed by atoms with Gasteiger partial charge < -0.3 is 14.5 Å². The zero-order valence-electron chi connectivity index (χ0n) is 18.8. The van der Waals surface area contributed by atoms with Crippen molar-refractivity contribution in [2.45, 2.75) is 22.6 Å². The number of nitrogens with zero attached hydrogens (tertiary/aromatic N) is 1. The van der Waals surface area contributed by atoms with E-state index >= 15 is 0 Å². The molecule has 1 aliphatic rings. The second-order valence-corrected chi connectivity index (χ2v) is 9.46. The molecule has 1 N–H and O–H groups in total. The van der Waals surface area contributed by atoms with Crippen LogP contribution < -0.4 is 15.7 Å². The van der Waals surface area contributed by atoms with Gasteiger partial charge in [-0.15, -0.1) is 11.8 Å². The van der Waals surface area contributed by atoms with Gasteiger partial charge in [0, 0.05) is 33.7 Å². The van der Waals surface area contributed by atoms with Gasteiger partial charge in [-0.05, 0) is 43.3 Å². The Hall–Kier alpha value is -4.11. The van der Waals surface area contributed by atoms with Crippen molar-refractivity contribution in [2.24, 2.45) is 0 Å². The minimum atomic E-state index is -1.14. The number of anilines is 1. The summed E-state index contributed by atoms with van der Waals surface area (Å²) in [5.74, 6) is 0.172. The van der Waals surface area contributed by atoms with Crippen molar-refractivity contribution in [3.63, 3.8) is 0 Å². The summed E-state index contributed by atoms with van der Waals surface area (Å²) in [5.41, 5.74) is -0.109. The number of nitrogens with one attached hydrogen (secondary N) is 1. The van der Waals surface area contributed by atoms with Crippen LogP contribution in [0.2, 0.25) is 0 Å². The second-order valence-electron chi connectivity index (χ2n) is 8.32. The first-order valence-electron chi connectivity index (χ1n) is 10.8. The van der Waals surface area contributed by atoms with E-state index in [4.69, 9.17) is 9.15 Å². The maximum Gasteiger partial charge on any atom is 0.342 e. The Morgan fingerprint density at radius 2 is 1.86 bits per heavy atom. The maximum absolute atomic E-state index is 13.8. The minimum absolute atomic E-state index is 0.104. The van der Waals surface area contributed by atoms with E-state index in [2.05, 4.69) is 5.32 Å². The van der Waals surface area contributed by atoms with E-state index in [0.717, 1.165) is 10.6 Å². The summed E-state index contributed by atoms with van der Waals surface area (Å²) in [6.45, 7) is 1.79. The topological polar surface area (TPSA) is 112 Å². The molecule has 176 valence electrons. The van der Waals surface area contributed by atoms with Crippen LogP contribution in [0.5, 0.6) is 5.75 Å². The fourth-order valence-corrected chi connectivity index (χ4v) is 5.65. The van der Waals surface area contributed by atoms with E-state index in [-0.39, 0.29) is 11.5 Å². The summed E-state index contributed by atoms with van der Waals surface area (Å²) < 4.78 is 11.0. The zero-order valence-corrected chi connectivity index (χ0v) is 19.6. The predicted molar refractivity (Wildman–Crippen MR) is 134 cm³/mol. The fourth-order valence-electron chi connectivity index (χ4n) is 4.33. The lowest BCUT2D eigenvalue weighted by molar-refractivity contribution is -0.384. The van der Waals surface area contributed by atoms with Gasteiger partial charge >= 0.3 is 5.63 Å². The fraction of sp³-hybridized carbons (Fsp3) is 0.154. The Kier molecular flexibility index (Phi) is 5.56. The average molecular weight is 489 g/mol. The number of thioether (sulfide) groups is 1. The lowest BCUT2D eigenvalue weighted by atomic mass is 9.84. The molecule has 0 fully saturated rings. The van der Waals surface area contributed by atoms with Crippen molar-refractivity contribution in [2.75, 3.05) is 12.4 Å². The van der Waals surface area contributed by atoms with Gasteiger partial charge in [-0.3, -0.25) is 14.9 Å². The second kappa shape index (κ2) is 8.59. The van der Waals surface area contributed by atoms with E-state index < -0.39 is 21.3 Å². The lowest BCUT2D eigenvalue weighted by Gasteiger charge is -2.42. The molecule has 2 heterocycles. The molecule has 0 unspecified atom stereocenters. The summed E-state index contributed by atoms with van der Waals surface area (Å²) in [4.78, 5) is 38.5. The van der Waals surface area contributed by atoms with Crippen LogP contribution in [0.3, 0.4) is 0 Å². The molecule has 1 aliphatic heterocycles. The molecular formula is C26H20N2O6S. The molecule has 3 aromatic carbocycles. The number of nitro groups is 1. The predicted octanol–water partition coefficient (Wildman–Crippen LogP) is 5.39. The highest BCUT2D eigenvalue weighted by atomic mass is 32.2. The third-order valence-electron chi connectivity index (χ3n) is 6.15. The molecular weight excluding hydrogens is 468 g/mol. The smallest absolute Gasteiger partial charge is 0.342 e. The van der Waals surface area contributed by atoms with Crippen LogP contribution in [0.4, 0.5) is 11.4 Å². The number of ketones is 1. The summed E-state index contributed by atoms with van der Waals surface area (Å²) in [6, 6.07) is 20.1. The normalized spacial score (nSPS) is 19.0. The molecule has 0 saturated heterocycles. The molecule has 9 heteroatoms. The SMILES string of the molecule is COc1cccc2cc([C@@]3(C)Nc4ccccc4S[C@H]3C(=O)c3ccc([N+](=O)[O-])cc3)c(=O)oc12. The molecule has 0 saturated carbocycles. The van der Waals surface area contributed by atoms with Gasteiger partial charge in [0.05, 0.1) is 28.4 Å². The summed E-state index contributed by atoms with van der Waals surface area (Å²) >= 11 is 1.34.